The standard InChI is InChI=1S/C16H25N5O3/c1-20(2)10-7-17-15(22)13-3-4-14(19-18-13)21-8-5-16(6-9-21)23-11-12-24-16/h3-4H,5-12H2,1-2H3,(H,17,22). The number of likely N-dealkylation sites (N-methyl/N-ethyl adjacent to an activating group) is 1. The SMILES string of the molecule is CN(C)CCNC(=O)c1ccc(N2CCC3(CC2)OCCO3)nn1. The monoisotopic (exact) mass is 335 g/mol. The minimum atomic E-state index is -0.393. The van der Waals surface area contributed by atoms with Gasteiger partial charge in [-0.15, -0.1) is 10.2 Å². The lowest BCUT2D eigenvalue weighted by molar-refractivity contribution is -0.169. The van der Waals surface area contributed by atoms with Gasteiger partial charge in [0, 0.05) is 39.0 Å². The molecule has 1 N–H and O–H groups in total. The number of rotatable bonds is 5. The van der Waals surface area contributed by atoms with Crippen LogP contribution in [0.2, 0.25) is 0 Å². The van der Waals surface area contributed by atoms with Gasteiger partial charge in [-0.2, -0.15) is 0 Å². The highest BCUT2D eigenvalue weighted by molar-refractivity contribution is 5.92. The number of hydrogen-bond acceptors (Lipinski definition) is 7. The first-order valence-corrected chi connectivity index (χ1v) is 8.37. The molecule has 1 aromatic rings. The van der Waals surface area contributed by atoms with Crippen LogP contribution in [0.4, 0.5) is 5.82 Å². The lowest BCUT2D eigenvalue weighted by atomic mass is 10.0. The smallest absolute Gasteiger partial charge is 0.271 e. The van der Waals surface area contributed by atoms with Crippen molar-refractivity contribution in [3.63, 3.8) is 0 Å². The molecule has 1 aromatic heterocycles. The Hall–Kier alpha value is -1.77. The van der Waals surface area contributed by atoms with Crippen molar-refractivity contribution in [3.05, 3.63) is 17.8 Å². The summed E-state index contributed by atoms with van der Waals surface area (Å²) in [5, 5.41) is 11.1. The van der Waals surface area contributed by atoms with Crippen molar-refractivity contribution in [2.45, 2.75) is 18.6 Å². The number of hydrogen-bond donors (Lipinski definition) is 1. The van der Waals surface area contributed by atoms with Gasteiger partial charge in [-0.1, -0.05) is 0 Å². The molecule has 2 saturated heterocycles. The second-order valence-corrected chi connectivity index (χ2v) is 6.43. The first-order valence-electron chi connectivity index (χ1n) is 8.37. The Morgan fingerprint density at radius 1 is 1.25 bits per heavy atom. The first kappa shape index (κ1) is 17.1. The first-order chi connectivity index (χ1) is 11.6. The number of carbonyl (C=O) groups is 1. The molecule has 0 aromatic carbocycles. The minimum Gasteiger partial charge on any atom is -0.355 e. The predicted octanol–water partition coefficient (Wildman–Crippen LogP) is 0.111. The Kier molecular flexibility index (Phi) is 5.27. The summed E-state index contributed by atoms with van der Waals surface area (Å²) in [5.41, 5.74) is 0.341. The number of piperidine rings is 1. The molecular formula is C16H25N5O3. The van der Waals surface area contributed by atoms with E-state index >= 15 is 0 Å². The van der Waals surface area contributed by atoms with Gasteiger partial charge in [0.15, 0.2) is 17.3 Å². The molecule has 1 amide bonds. The number of ether oxygens (including phenoxy) is 2. The maximum Gasteiger partial charge on any atom is 0.271 e. The molecule has 0 saturated carbocycles. The number of aromatic nitrogens is 2. The van der Waals surface area contributed by atoms with E-state index in [1.165, 1.54) is 0 Å². The highest BCUT2D eigenvalue weighted by Gasteiger charge is 2.40. The van der Waals surface area contributed by atoms with Crippen molar-refractivity contribution in [1.82, 2.24) is 20.4 Å². The van der Waals surface area contributed by atoms with Crippen molar-refractivity contribution >= 4 is 11.7 Å². The fourth-order valence-electron chi connectivity index (χ4n) is 2.96. The number of anilines is 1. The zero-order chi connectivity index (χ0) is 17.0. The van der Waals surface area contributed by atoms with Crippen molar-refractivity contribution in [3.8, 4) is 0 Å². The topological polar surface area (TPSA) is 79.8 Å². The van der Waals surface area contributed by atoms with Crippen LogP contribution < -0.4 is 10.2 Å². The van der Waals surface area contributed by atoms with Gasteiger partial charge in [0.2, 0.25) is 0 Å². The quantitative estimate of drug-likeness (QED) is 0.818. The molecule has 8 heteroatoms. The second kappa shape index (κ2) is 7.42. The lowest BCUT2D eigenvalue weighted by Crippen LogP contribution is -2.45. The summed E-state index contributed by atoms with van der Waals surface area (Å²) < 4.78 is 11.5. The van der Waals surface area contributed by atoms with Gasteiger partial charge < -0.3 is 24.6 Å². The van der Waals surface area contributed by atoms with Gasteiger partial charge in [-0.3, -0.25) is 4.79 Å². The molecule has 2 fully saturated rings. The van der Waals surface area contributed by atoms with Crippen molar-refractivity contribution < 1.29 is 14.3 Å². The summed E-state index contributed by atoms with van der Waals surface area (Å²) in [5.74, 6) is 0.199. The molecular weight excluding hydrogens is 310 g/mol. The summed E-state index contributed by atoms with van der Waals surface area (Å²) in [7, 11) is 3.93. The van der Waals surface area contributed by atoms with Crippen molar-refractivity contribution in [2.24, 2.45) is 0 Å². The third-order valence-electron chi connectivity index (χ3n) is 4.39. The zero-order valence-electron chi connectivity index (χ0n) is 14.3. The van der Waals surface area contributed by atoms with Gasteiger partial charge in [-0.25, -0.2) is 0 Å². The molecule has 0 atom stereocenters. The average Bonchev–Trinajstić information content (AvgIpc) is 3.03. The van der Waals surface area contributed by atoms with Crippen LogP contribution in [0, 0.1) is 0 Å². The predicted molar refractivity (Wildman–Crippen MR) is 89.0 cm³/mol. The van der Waals surface area contributed by atoms with Crippen LogP contribution in [0.3, 0.4) is 0 Å². The molecule has 8 nitrogen and oxygen atoms in total. The van der Waals surface area contributed by atoms with Crippen LogP contribution >= 0.6 is 0 Å². The van der Waals surface area contributed by atoms with E-state index in [1.54, 1.807) is 6.07 Å². The number of nitrogens with zero attached hydrogens (tertiary/aromatic N) is 4. The van der Waals surface area contributed by atoms with E-state index in [0.29, 0.717) is 25.5 Å². The Bertz CT molecular complexity index is 547. The van der Waals surface area contributed by atoms with Crippen molar-refractivity contribution in [2.75, 3.05) is 58.4 Å². The van der Waals surface area contributed by atoms with Gasteiger partial charge in [0.1, 0.15) is 0 Å². The molecule has 0 aliphatic carbocycles. The van der Waals surface area contributed by atoms with E-state index in [0.717, 1.165) is 38.3 Å². The summed E-state index contributed by atoms with van der Waals surface area (Å²) in [6, 6.07) is 3.57. The van der Waals surface area contributed by atoms with Gasteiger partial charge in [0.05, 0.1) is 13.2 Å². The largest absolute Gasteiger partial charge is 0.355 e. The Morgan fingerprint density at radius 2 is 1.96 bits per heavy atom. The van der Waals surface area contributed by atoms with E-state index in [-0.39, 0.29) is 5.91 Å². The molecule has 0 bridgehead atoms. The maximum atomic E-state index is 12.0. The normalized spacial score (nSPS) is 19.9. The van der Waals surface area contributed by atoms with Crippen LogP contribution in [0.15, 0.2) is 12.1 Å². The Labute approximate surface area is 142 Å². The molecule has 2 aliphatic heterocycles. The van der Waals surface area contributed by atoms with E-state index in [2.05, 4.69) is 20.4 Å². The molecule has 0 radical (unpaired) electrons. The van der Waals surface area contributed by atoms with Gasteiger partial charge in [0.25, 0.3) is 5.91 Å². The van der Waals surface area contributed by atoms with Crippen LogP contribution in [0.25, 0.3) is 0 Å². The zero-order valence-corrected chi connectivity index (χ0v) is 14.3. The molecule has 2 aliphatic rings. The molecule has 1 spiro atoms. The maximum absolute atomic E-state index is 12.0. The Morgan fingerprint density at radius 3 is 2.54 bits per heavy atom. The third kappa shape index (κ3) is 4.00. The molecule has 132 valence electrons. The molecule has 0 unspecified atom stereocenters. The highest BCUT2D eigenvalue weighted by Crippen LogP contribution is 2.32. The summed E-state index contributed by atoms with van der Waals surface area (Å²) in [4.78, 5) is 16.2. The van der Waals surface area contributed by atoms with Crippen LogP contribution in [0.5, 0.6) is 0 Å². The number of amides is 1. The highest BCUT2D eigenvalue weighted by atomic mass is 16.7. The van der Waals surface area contributed by atoms with E-state index in [4.69, 9.17) is 9.47 Å². The van der Waals surface area contributed by atoms with E-state index in [1.807, 2.05) is 25.1 Å². The van der Waals surface area contributed by atoms with Gasteiger partial charge >= 0.3 is 0 Å². The van der Waals surface area contributed by atoms with Crippen LogP contribution in [0.1, 0.15) is 23.3 Å². The second-order valence-electron chi connectivity index (χ2n) is 6.43. The lowest BCUT2D eigenvalue weighted by Gasteiger charge is -2.37. The van der Waals surface area contributed by atoms with E-state index < -0.39 is 5.79 Å². The minimum absolute atomic E-state index is 0.193. The summed E-state index contributed by atoms with van der Waals surface area (Å²) in [6.45, 7) is 4.35. The van der Waals surface area contributed by atoms with E-state index in [9.17, 15) is 4.79 Å². The van der Waals surface area contributed by atoms with Crippen molar-refractivity contribution in [1.29, 1.82) is 0 Å². The molecule has 3 heterocycles. The Balaban J connectivity index is 1.52. The number of carbonyl (C=O) groups excluding carboxylic acids is 1. The third-order valence-corrected chi connectivity index (χ3v) is 4.39. The molecule has 3 rings (SSSR count). The number of nitrogens with one attached hydrogen (secondary N) is 1. The fraction of sp³-hybridized carbons (Fsp3) is 0.688. The molecule has 24 heavy (non-hydrogen) atoms. The van der Waals surface area contributed by atoms with Crippen LogP contribution in [-0.4, -0.2) is 80.3 Å². The summed E-state index contributed by atoms with van der Waals surface area (Å²) in [6.07, 6.45) is 1.64. The average molecular weight is 335 g/mol. The van der Waals surface area contributed by atoms with Crippen LogP contribution in [-0.2, 0) is 9.47 Å². The van der Waals surface area contributed by atoms with Gasteiger partial charge in [-0.05, 0) is 26.2 Å². The summed E-state index contributed by atoms with van der Waals surface area (Å²) >= 11 is 0. The fourth-order valence-corrected chi connectivity index (χ4v) is 2.96.